The monoisotopic (exact) mass is 864 g/mol. The minimum absolute atomic E-state index is 0.517. The number of benzene rings is 9. The molecule has 0 bridgehead atoms. The first kappa shape index (κ1) is 39.8. The van der Waals surface area contributed by atoms with Crippen LogP contribution in [0.4, 0.5) is 0 Å². The maximum Gasteiger partial charge on any atom is 0.101 e. The van der Waals surface area contributed by atoms with Gasteiger partial charge in [0.15, 0.2) is 0 Å². The third-order valence-corrected chi connectivity index (χ3v) is 13.0. The van der Waals surface area contributed by atoms with Crippen LogP contribution in [0.3, 0.4) is 0 Å². The predicted octanol–water partition coefficient (Wildman–Crippen LogP) is 15.2. The number of nitrogens with zero attached hydrogens (tertiary/aromatic N) is 6. The van der Waals surface area contributed by atoms with Gasteiger partial charge in [-0.05, 0) is 113 Å². The molecule has 0 aliphatic heterocycles. The van der Waals surface area contributed by atoms with Crippen LogP contribution < -0.4 is 0 Å². The minimum atomic E-state index is 0.517. The number of nitriles is 3. The summed E-state index contributed by atoms with van der Waals surface area (Å²) in [6, 6.07) is 81.5. The third kappa shape index (κ3) is 6.67. The molecule has 314 valence electrons. The van der Waals surface area contributed by atoms with Gasteiger partial charge in [0, 0.05) is 38.2 Å². The zero-order valence-electron chi connectivity index (χ0n) is 36.5. The van der Waals surface area contributed by atoms with E-state index >= 15 is 0 Å². The highest BCUT2D eigenvalue weighted by Crippen LogP contribution is 2.43. The maximum atomic E-state index is 11.4. The van der Waals surface area contributed by atoms with Gasteiger partial charge in [0.2, 0.25) is 0 Å². The highest BCUT2D eigenvalue weighted by atomic mass is 15.0. The van der Waals surface area contributed by atoms with E-state index in [-0.39, 0.29) is 0 Å². The Morgan fingerprint density at radius 2 is 0.735 bits per heavy atom. The van der Waals surface area contributed by atoms with Gasteiger partial charge in [-0.1, -0.05) is 133 Å². The standard InChI is InChI=1S/C62H36N6/c63-37-40-19-23-42(24-20-40)46-27-29-59-53(31-46)50-15-7-9-17-57(50)67(59)61-36-52(48-33-55(44-11-3-1-4-12-44)66-56(34-48)45-13-5-2-6-14-45)62(35-49(61)39-65)68-58-18-10-8-16-51(58)54-32-47(28-30-60(54)68)43-25-21-41(38-64)22-26-43/h1-36H. The molecule has 0 aliphatic carbocycles. The van der Waals surface area contributed by atoms with Crippen molar-refractivity contribution < 1.29 is 0 Å². The molecular weight excluding hydrogens is 829 g/mol. The lowest BCUT2D eigenvalue weighted by molar-refractivity contribution is 1.13. The lowest BCUT2D eigenvalue weighted by Crippen LogP contribution is -2.04. The summed E-state index contributed by atoms with van der Waals surface area (Å²) in [5, 5.41) is 34.6. The molecule has 68 heavy (non-hydrogen) atoms. The number of hydrogen-bond donors (Lipinski definition) is 0. The smallest absolute Gasteiger partial charge is 0.101 e. The average Bonchev–Trinajstić information content (AvgIpc) is 3.93. The topological polar surface area (TPSA) is 94.1 Å². The summed E-state index contributed by atoms with van der Waals surface area (Å²) in [4.78, 5) is 5.27. The zero-order valence-corrected chi connectivity index (χ0v) is 36.5. The molecular formula is C62H36N6. The molecule has 3 aromatic heterocycles. The molecule has 0 amide bonds. The maximum absolute atomic E-state index is 11.4. The fraction of sp³-hybridized carbons (Fsp3) is 0. The van der Waals surface area contributed by atoms with Crippen LogP contribution in [0.2, 0.25) is 0 Å². The van der Waals surface area contributed by atoms with E-state index in [1.54, 1.807) is 0 Å². The van der Waals surface area contributed by atoms with Crippen LogP contribution >= 0.6 is 0 Å². The number of para-hydroxylation sites is 2. The molecule has 0 saturated heterocycles. The Hall–Kier alpha value is -9.80. The Kier molecular flexibility index (Phi) is 9.55. The Bertz CT molecular complexity index is 4030. The molecule has 0 radical (unpaired) electrons. The van der Waals surface area contributed by atoms with Gasteiger partial charge in [0.25, 0.3) is 0 Å². The van der Waals surface area contributed by atoms with Crippen molar-refractivity contribution >= 4 is 43.6 Å². The van der Waals surface area contributed by atoms with Crippen molar-refractivity contribution in [1.29, 1.82) is 15.8 Å². The van der Waals surface area contributed by atoms with Gasteiger partial charge in [-0.25, -0.2) is 4.98 Å². The molecule has 0 aliphatic rings. The van der Waals surface area contributed by atoms with Crippen molar-refractivity contribution in [2.45, 2.75) is 0 Å². The van der Waals surface area contributed by atoms with E-state index in [4.69, 9.17) is 4.98 Å². The van der Waals surface area contributed by atoms with Gasteiger partial charge < -0.3 is 9.13 Å². The molecule has 0 N–H and O–H groups in total. The Labute approximate surface area is 392 Å². The molecule has 3 heterocycles. The van der Waals surface area contributed by atoms with Crippen LogP contribution in [0.5, 0.6) is 0 Å². The average molecular weight is 865 g/mol. The fourth-order valence-corrected chi connectivity index (χ4v) is 9.77. The van der Waals surface area contributed by atoms with Crippen LogP contribution in [0.15, 0.2) is 218 Å². The number of rotatable bonds is 7. The molecule has 0 unspecified atom stereocenters. The Morgan fingerprint density at radius 1 is 0.309 bits per heavy atom. The van der Waals surface area contributed by atoms with Gasteiger partial charge in [-0.15, -0.1) is 0 Å². The second kappa shape index (κ2) is 16.3. The highest BCUT2D eigenvalue weighted by Gasteiger charge is 2.23. The van der Waals surface area contributed by atoms with Crippen LogP contribution in [0.25, 0.3) is 111 Å². The van der Waals surface area contributed by atoms with E-state index in [0.717, 1.165) is 111 Å². The lowest BCUT2D eigenvalue weighted by atomic mass is 9.96. The second-order valence-electron chi connectivity index (χ2n) is 16.9. The van der Waals surface area contributed by atoms with Gasteiger partial charge >= 0.3 is 0 Å². The van der Waals surface area contributed by atoms with Crippen molar-refractivity contribution in [2.75, 3.05) is 0 Å². The van der Waals surface area contributed by atoms with Crippen molar-refractivity contribution in [3.05, 3.63) is 235 Å². The minimum Gasteiger partial charge on any atom is -0.309 e. The summed E-state index contributed by atoms with van der Waals surface area (Å²) in [6.07, 6.45) is 0. The van der Waals surface area contributed by atoms with E-state index in [0.29, 0.717) is 16.7 Å². The van der Waals surface area contributed by atoms with Crippen molar-refractivity contribution in [3.8, 4) is 85.5 Å². The van der Waals surface area contributed by atoms with Crippen molar-refractivity contribution in [3.63, 3.8) is 0 Å². The van der Waals surface area contributed by atoms with E-state index in [9.17, 15) is 15.8 Å². The number of aromatic nitrogens is 3. The molecule has 12 rings (SSSR count). The molecule has 6 nitrogen and oxygen atoms in total. The van der Waals surface area contributed by atoms with Crippen LogP contribution in [0.1, 0.15) is 16.7 Å². The summed E-state index contributed by atoms with van der Waals surface area (Å²) >= 11 is 0. The SMILES string of the molecule is N#Cc1ccc(-c2ccc3c(c2)c2ccccc2n3-c2cc(-c3cc(-c4ccccc4)nc(-c4ccccc4)c3)c(-n3c4ccccc4c4cc(-c5ccc(C#N)cc5)ccc43)cc2C#N)cc1. The summed E-state index contributed by atoms with van der Waals surface area (Å²) in [5.74, 6) is 0. The normalized spacial score (nSPS) is 11.2. The van der Waals surface area contributed by atoms with Gasteiger partial charge in [0.05, 0.1) is 73.7 Å². The zero-order chi connectivity index (χ0) is 45.7. The van der Waals surface area contributed by atoms with Crippen LogP contribution in [-0.2, 0) is 0 Å². The quantitative estimate of drug-likeness (QED) is 0.159. The molecule has 12 aromatic rings. The first-order chi connectivity index (χ1) is 33.6. The molecule has 6 heteroatoms. The third-order valence-electron chi connectivity index (χ3n) is 13.0. The lowest BCUT2D eigenvalue weighted by Gasteiger charge is -2.20. The highest BCUT2D eigenvalue weighted by molar-refractivity contribution is 6.12. The number of fused-ring (bicyclic) bond motifs is 6. The first-order valence-corrected chi connectivity index (χ1v) is 22.4. The van der Waals surface area contributed by atoms with Gasteiger partial charge in [-0.2, -0.15) is 15.8 Å². The van der Waals surface area contributed by atoms with E-state index < -0.39 is 0 Å². The van der Waals surface area contributed by atoms with Crippen molar-refractivity contribution in [2.24, 2.45) is 0 Å². The largest absolute Gasteiger partial charge is 0.309 e. The summed E-state index contributed by atoms with van der Waals surface area (Å²) in [6.45, 7) is 0. The molecule has 9 aromatic carbocycles. The summed E-state index contributed by atoms with van der Waals surface area (Å²) in [7, 11) is 0. The van der Waals surface area contributed by atoms with Crippen LogP contribution in [0, 0.1) is 34.0 Å². The summed E-state index contributed by atoms with van der Waals surface area (Å²) < 4.78 is 4.53. The molecule has 0 fully saturated rings. The van der Waals surface area contributed by atoms with Gasteiger partial charge in [0.1, 0.15) is 6.07 Å². The van der Waals surface area contributed by atoms with E-state index in [1.165, 1.54) is 0 Å². The van der Waals surface area contributed by atoms with E-state index in [1.807, 2.05) is 91.0 Å². The summed E-state index contributed by atoms with van der Waals surface area (Å²) in [5.41, 5.74) is 17.0. The van der Waals surface area contributed by atoms with Crippen molar-refractivity contribution in [1.82, 2.24) is 14.1 Å². The molecule has 0 atom stereocenters. The number of pyridine rings is 1. The number of hydrogen-bond acceptors (Lipinski definition) is 4. The fourth-order valence-electron chi connectivity index (χ4n) is 9.77. The Morgan fingerprint density at radius 3 is 1.21 bits per heavy atom. The first-order valence-electron chi connectivity index (χ1n) is 22.4. The van der Waals surface area contributed by atoms with Crippen LogP contribution in [-0.4, -0.2) is 14.1 Å². The molecule has 0 saturated carbocycles. The Balaban J connectivity index is 1.16. The molecule has 0 spiro atoms. The van der Waals surface area contributed by atoms with E-state index in [2.05, 4.69) is 155 Å². The predicted molar refractivity (Wildman–Crippen MR) is 274 cm³/mol. The van der Waals surface area contributed by atoms with Gasteiger partial charge in [-0.3, -0.25) is 0 Å². The second-order valence-corrected chi connectivity index (χ2v) is 16.9.